The minimum Gasteiger partial charge on any atom is -0.314 e. The van der Waals surface area contributed by atoms with Crippen molar-refractivity contribution in [2.24, 2.45) is 0 Å². The van der Waals surface area contributed by atoms with E-state index in [4.69, 9.17) is 0 Å². The number of sulfonamides is 1. The van der Waals surface area contributed by atoms with Gasteiger partial charge in [-0.3, -0.25) is 0 Å². The lowest BCUT2D eigenvalue weighted by molar-refractivity contribution is 0.363. The molecule has 2 saturated heterocycles. The maximum Gasteiger partial charge on any atom is 0.211 e. The molecular weight excluding hydrogens is 228 g/mol. The summed E-state index contributed by atoms with van der Waals surface area (Å²) in [5.41, 5.74) is 0. The maximum absolute atomic E-state index is 10.9. The largest absolute Gasteiger partial charge is 0.314 e. The van der Waals surface area contributed by atoms with E-state index in [1.807, 2.05) is 0 Å². The highest BCUT2D eigenvalue weighted by atomic mass is 32.2. The first-order valence-electron chi connectivity index (χ1n) is 5.68. The highest BCUT2D eigenvalue weighted by Gasteiger charge is 2.17. The van der Waals surface area contributed by atoms with E-state index >= 15 is 0 Å². The number of hydrogen-bond donors (Lipinski definition) is 3. The predicted octanol–water partition coefficient (Wildman–Crippen LogP) is -1.97. The van der Waals surface area contributed by atoms with Crippen LogP contribution in [0.15, 0.2) is 0 Å². The molecule has 2 rings (SSSR count). The van der Waals surface area contributed by atoms with E-state index in [1.165, 1.54) is 10.6 Å². The summed E-state index contributed by atoms with van der Waals surface area (Å²) in [6.45, 7) is 7.32. The second kappa shape index (κ2) is 7.18. The molecule has 7 heteroatoms. The zero-order valence-electron chi connectivity index (χ0n) is 9.83. The lowest BCUT2D eigenvalue weighted by atomic mass is 10.4. The van der Waals surface area contributed by atoms with Crippen molar-refractivity contribution in [1.29, 1.82) is 0 Å². The molecule has 0 bridgehead atoms. The minimum atomic E-state index is -2.93. The van der Waals surface area contributed by atoms with Gasteiger partial charge in [0.25, 0.3) is 0 Å². The van der Waals surface area contributed by atoms with Gasteiger partial charge in [0.1, 0.15) is 0 Å². The molecule has 0 aromatic rings. The Hall–Kier alpha value is -0.210. The van der Waals surface area contributed by atoms with Crippen molar-refractivity contribution in [1.82, 2.24) is 20.3 Å². The average molecular weight is 250 g/mol. The third-order valence-corrected chi connectivity index (χ3v) is 3.81. The fourth-order valence-corrected chi connectivity index (χ4v) is 2.43. The van der Waals surface area contributed by atoms with Gasteiger partial charge in [0.05, 0.1) is 6.26 Å². The number of nitrogens with one attached hydrogen (secondary N) is 3. The molecule has 16 heavy (non-hydrogen) atoms. The molecule has 0 radical (unpaired) electrons. The lowest BCUT2D eigenvalue weighted by Crippen LogP contribution is -2.45. The van der Waals surface area contributed by atoms with Crippen LogP contribution in [0.2, 0.25) is 0 Å². The van der Waals surface area contributed by atoms with Crippen LogP contribution in [-0.2, 0) is 10.0 Å². The quantitative estimate of drug-likeness (QED) is 0.503. The Bertz CT molecular complexity index is 260. The Labute approximate surface area is 97.8 Å². The summed E-state index contributed by atoms with van der Waals surface area (Å²) in [4.78, 5) is 0. The first kappa shape index (κ1) is 13.9. The molecule has 0 aromatic carbocycles. The standard InChI is InChI=1S/C5H12N2O2S.C4H10N2/c1-10(8,9)7-4-2-6-3-5-7;1-2-6-4-3-5-1/h6H,2-5H2,1H3;5-6H,1-4H2. The minimum absolute atomic E-state index is 0.610. The molecular formula is C9H22N4O2S. The van der Waals surface area contributed by atoms with Gasteiger partial charge in [0.15, 0.2) is 0 Å². The summed E-state index contributed by atoms with van der Waals surface area (Å²) >= 11 is 0. The van der Waals surface area contributed by atoms with Crippen LogP contribution in [-0.4, -0.2) is 71.3 Å². The van der Waals surface area contributed by atoms with Crippen molar-refractivity contribution >= 4 is 10.0 Å². The second-order valence-corrected chi connectivity index (χ2v) is 5.89. The molecule has 0 aromatic heterocycles. The van der Waals surface area contributed by atoms with Gasteiger partial charge in [0.2, 0.25) is 10.0 Å². The Morgan fingerprint density at radius 3 is 1.44 bits per heavy atom. The molecule has 2 aliphatic rings. The van der Waals surface area contributed by atoms with Gasteiger partial charge in [-0.2, -0.15) is 4.31 Å². The van der Waals surface area contributed by atoms with Crippen molar-refractivity contribution < 1.29 is 8.42 Å². The molecule has 0 aliphatic carbocycles. The first-order valence-corrected chi connectivity index (χ1v) is 7.53. The summed E-state index contributed by atoms with van der Waals surface area (Å²) in [7, 11) is -2.93. The fourth-order valence-electron chi connectivity index (χ4n) is 1.58. The predicted molar refractivity (Wildman–Crippen MR) is 65.0 cm³/mol. The van der Waals surface area contributed by atoms with Crippen LogP contribution in [0.1, 0.15) is 0 Å². The smallest absolute Gasteiger partial charge is 0.211 e. The summed E-state index contributed by atoms with van der Waals surface area (Å²) < 4.78 is 23.3. The monoisotopic (exact) mass is 250 g/mol. The molecule has 0 amide bonds. The van der Waals surface area contributed by atoms with E-state index in [1.54, 1.807) is 0 Å². The Kier molecular flexibility index (Phi) is 6.22. The lowest BCUT2D eigenvalue weighted by Gasteiger charge is -2.24. The Morgan fingerprint density at radius 2 is 1.19 bits per heavy atom. The molecule has 2 fully saturated rings. The van der Waals surface area contributed by atoms with Crippen molar-refractivity contribution in [2.75, 3.05) is 58.6 Å². The number of rotatable bonds is 1. The zero-order valence-corrected chi connectivity index (χ0v) is 10.6. The summed E-state index contributed by atoms with van der Waals surface area (Å²) in [5, 5.41) is 9.53. The van der Waals surface area contributed by atoms with Crippen molar-refractivity contribution in [3.63, 3.8) is 0 Å². The summed E-state index contributed by atoms with van der Waals surface area (Å²) in [6.07, 6.45) is 1.25. The highest BCUT2D eigenvalue weighted by molar-refractivity contribution is 7.88. The van der Waals surface area contributed by atoms with E-state index < -0.39 is 10.0 Å². The number of piperazine rings is 2. The van der Waals surface area contributed by atoms with Gasteiger partial charge >= 0.3 is 0 Å². The molecule has 0 atom stereocenters. The third-order valence-electron chi connectivity index (χ3n) is 2.50. The molecule has 0 spiro atoms. The molecule has 0 unspecified atom stereocenters. The van der Waals surface area contributed by atoms with Crippen LogP contribution in [0, 0.1) is 0 Å². The molecule has 2 aliphatic heterocycles. The van der Waals surface area contributed by atoms with Crippen molar-refractivity contribution in [3.05, 3.63) is 0 Å². The van der Waals surface area contributed by atoms with Gasteiger partial charge in [-0.05, 0) is 0 Å². The molecule has 2 heterocycles. The van der Waals surface area contributed by atoms with Gasteiger partial charge in [-0.15, -0.1) is 0 Å². The SMILES string of the molecule is C1CNCCN1.CS(=O)(=O)N1CCNCC1. The van der Waals surface area contributed by atoms with Gasteiger partial charge in [0, 0.05) is 52.4 Å². The van der Waals surface area contributed by atoms with E-state index in [0.29, 0.717) is 13.1 Å². The number of nitrogens with zero attached hydrogens (tertiary/aromatic N) is 1. The zero-order chi connectivity index (χ0) is 11.9. The van der Waals surface area contributed by atoms with Crippen LogP contribution in [0.25, 0.3) is 0 Å². The topological polar surface area (TPSA) is 73.5 Å². The highest BCUT2D eigenvalue weighted by Crippen LogP contribution is 1.97. The maximum atomic E-state index is 10.9. The van der Waals surface area contributed by atoms with Crippen LogP contribution in [0.3, 0.4) is 0 Å². The first-order chi connectivity index (χ1) is 7.61. The molecule has 0 saturated carbocycles. The van der Waals surface area contributed by atoms with Crippen molar-refractivity contribution in [3.8, 4) is 0 Å². The molecule has 3 N–H and O–H groups in total. The third kappa shape index (κ3) is 5.76. The van der Waals surface area contributed by atoms with Crippen LogP contribution in [0.4, 0.5) is 0 Å². The average Bonchev–Trinajstić information content (AvgIpc) is 2.32. The summed E-state index contributed by atoms with van der Waals surface area (Å²) in [5.74, 6) is 0. The molecule has 96 valence electrons. The van der Waals surface area contributed by atoms with Gasteiger partial charge < -0.3 is 16.0 Å². The van der Waals surface area contributed by atoms with E-state index in [0.717, 1.165) is 39.3 Å². The van der Waals surface area contributed by atoms with E-state index in [9.17, 15) is 8.42 Å². The van der Waals surface area contributed by atoms with Crippen molar-refractivity contribution in [2.45, 2.75) is 0 Å². The Morgan fingerprint density at radius 1 is 0.812 bits per heavy atom. The van der Waals surface area contributed by atoms with Gasteiger partial charge in [-0.1, -0.05) is 0 Å². The summed E-state index contributed by atoms with van der Waals surface area (Å²) in [6, 6.07) is 0. The van der Waals surface area contributed by atoms with E-state index in [2.05, 4.69) is 16.0 Å². The van der Waals surface area contributed by atoms with Gasteiger partial charge in [-0.25, -0.2) is 8.42 Å². The van der Waals surface area contributed by atoms with Crippen LogP contribution in [0.5, 0.6) is 0 Å². The number of hydrogen-bond acceptors (Lipinski definition) is 5. The molecule has 6 nitrogen and oxygen atoms in total. The van der Waals surface area contributed by atoms with Crippen LogP contribution >= 0.6 is 0 Å². The normalized spacial score (nSPS) is 23.3. The Balaban J connectivity index is 0.000000181. The van der Waals surface area contributed by atoms with Crippen LogP contribution < -0.4 is 16.0 Å². The van der Waals surface area contributed by atoms with E-state index in [-0.39, 0.29) is 0 Å². The second-order valence-electron chi connectivity index (χ2n) is 3.91. The fraction of sp³-hybridized carbons (Fsp3) is 1.00.